The molecule has 0 amide bonds. The Kier molecular flexibility index (Phi) is 3.06. The van der Waals surface area contributed by atoms with Gasteiger partial charge >= 0.3 is 5.97 Å². The van der Waals surface area contributed by atoms with Crippen molar-refractivity contribution in [2.45, 2.75) is 13.0 Å². The maximum atomic E-state index is 12.0. The highest BCUT2D eigenvalue weighted by atomic mass is 16.6. The molecule has 0 fully saturated rings. The maximum absolute atomic E-state index is 12.0. The van der Waals surface area contributed by atoms with Crippen LogP contribution in [0.5, 0.6) is 11.5 Å². The molecular weight excluding hydrogens is 256 g/mol. The molecule has 0 aliphatic carbocycles. The summed E-state index contributed by atoms with van der Waals surface area (Å²) >= 11 is 0. The fraction of sp³-hybridized carbons (Fsp3) is 0.188. The number of aromatic hydroxyl groups is 1. The monoisotopic (exact) mass is 270 g/mol. The minimum absolute atomic E-state index is 0.136. The molecule has 3 rings (SSSR count). The molecule has 1 aliphatic rings. The fourth-order valence-electron chi connectivity index (χ4n) is 2.43. The number of carbonyl (C=O) groups is 1. The van der Waals surface area contributed by atoms with Crippen LogP contribution < -0.4 is 4.74 Å². The molecule has 0 bridgehead atoms. The number of phenols is 1. The molecule has 20 heavy (non-hydrogen) atoms. The number of rotatable bonds is 2. The molecule has 2 aromatic rings. The van der Waals surface area contributed by atoms with Crippen molar-refractivity contribution < 1.29 is 19.4 Å². The van der Waals surface area contributed by atoms with Crippen LogP contribution in [0.4, 0.5) is 0 Å². The zero-order chi connectivity index (χ0) is 14.1. The van der Waals surface area contributed by atoms with Gasteiger partial charge in [0.25, 0.3) is 0 Å². The standard InChI is InChI=1S/C16H14O4/c1-2-19-16(18)15-11-7-4-3-6-10(11)14-12(17)8-5-9-13(14)20-15/h3-9,15,17H,2H2,1H3. The van der Waals surface area contributed by atoms with E-state index in [0.717, 1.165) is 5.56 Å². The summed E-state index contributed by atoms with van der Waals surface area (Å²) < 4.78 is 10.8. The number of phenolic OH excluding ortho intramolecular Hbond substituents is 1. The minimum Gasteiger partial charge on any atom is -0.507 e. The Morgan fingerprint density at radius 1 is 1.25 bits per heavy atom. The van der Waals surface area contributed by atoms with Crippen LogP contribution in [0.3, 0.4) is 0 Å². The van der Waals surface area contributed by atoms with Gasteiger partial charge in [-0.25, -0.2) is 4.79 Å². The van der Waals surface area contributed by atoms with Crippen LogP contribution in [0, 0.1) is 0 Å². The number of esters is 1. The third-order valence-corrected chi connectivity index (χ3v) is 3.26. The van der Waals surface area contributed by atoms with Crippen LogP contribution in [-0.2, 0) is 9.53 Å². The lowest BCUT2D eigenvalue weighted by Crippen LogP contribution is -2.24. The first-order valence-electron chi connectivity index (χ1n) is 6.47. The van der Waals surface area contributed by atoms with Gasteiger partial charge in [-0.15, -0.1) is 0 Å². The number of fused-ring (bicyclic) bond motifs is 3. The number of benzene rings is 2. The molecule has 4 heteroatoms. The normalized spacial score (nSPS) is 15.8. The van der Waals surface area contributed by atoms with E-state index in [1.807, 2.05) is 24.3 Å². The predicted molar refractivity (Wildman–Crippen MR) is 73.5 cm³/mol. The zero-order valence-electron chi connectivity index (χ0n) is 11.0. The van der Waals surface area contributed by atoms with Crippen molar-refractivity contribution in [2.24, 2.45) is 0 Å². The lowest BCUT2D eigenvalue weighted by atomic mass is 9.92. The Hall–Kier alpha value is -2.49. The van der Waals surface area contributed by atoms with Gasteiger partial charge in [0.05, 0.1) is 12.2 Å². The van der Waals surface area contributed by atoms with Gasteiger partial charge in [-0.05, 0) is 24.6 Å². The summed E-state index contributed by atoms with van der Waals surface area (Å²) in [5.74, 6) is 0.202. The maximum Gasteiger partial charge on any atom is 0.352 e. The average Bonchev–Trinajstić information content (AvgIpc) is 2.46. The molecule has 1 aliphatic heterocycles. The second-order valence-corrected chi connectivity index (χ2v) is 4.49. The lowest BCUT2D eigenvalue weighted by molar-refractivity contribution is -0.151. The Morgan fingerprint density at radius 2 is 2.05 bits per heavy atom. The molecule has 0 radical (unpaired) electrons. The van der Waals surface area contributed by atoms with Crippen LogP contribution in [0.25, 0.3) is 11.1 Å². The predicted octanol–water partition coefficient (Wildman–Crippen LogP) is 3.06. The molecule has 1 N–H and O–H groups in total. The second kappa shape index (κ2) is 4.89. The first-order chi connectivity index (χ1) is 9.72. The first kappa shape index (κ1) is 12.5. The summed E-state index contributed by atoms with van der Waals surface area (Å²) in [6.07, 6.45) is -0.791. The highest BCUT2D eigenvalue weighted by Gasteiger charge is 2.33. The van der Waals surface area contributed by atoms with E-state index in [9.17, 15) is 9.90 Å². The minimum atomic E-state index is -0.791. The molecule has 4 nitrogen and oxygen atoms in total. The largest absolute Gasteiger partial charge is 0.507 e. The number of carbonyl (C=O) groups excluding carboxylic acids is 1. The lowest BCUT2D eigenvalue weighted by Gasteiger charge is -2.27. The van der Waals surface area contributed by atoms with Gasteiger partial charge in [-0.2, -0.15) is 0 Å². The number of hydrogen-bond donors (Lipinski definition) is 1. The van der Waals surface area contributed by atoms with Crippen molar-refractivity contribution in [1.82, 2.24) is 0 Å². The summed E-state index contributed by atoms with van der Waals surface area (Å²) in [5, 5.41) is 10.0. The first-order valence-corrected chi connectivity index (χ1v) is 6.47. The summed E-state index contributed by atoms with van der Waals surface area (Å²) in [4.78, 5) is 12.0. The van der Waals surface area contributed by atoms with Crippen molar-refractivity contribution in [3.05, 3.63) is 48.0 Å². The summed E-state index contributed by atoms with van der Waals surface area (Å²) in [6, 6.07) is 12.4. The van der Waals surface area contributed by atoms with Gasteiger partial charge < -0.3 is 14.6 Å². The summed E-state index contributed by atoms with van der Waals surface area (Å²) in [6.45, 7) is 2.06. The number of ether oxygens (including phenoxy) is 2. The van der Waals surface area contributed by atoms with Gasteiger partial charge in [0.2, 0.25) is 6.10 Å². The highest BCUT2D eigenvalue weighted by molar-refractivity contribution is 5.87. The molecule has 0 spiro atoms. The van der Waals surface area contributed by atoms with E-state index >= 15 is 0 Å². The van der Waals surface area contributed by atoms with E-state index in [4.69, 9.17) is 9.47 Å². The molecule has 1 heterocycles. The van der Waals surface area contributed by atoms with E-state index in [1.54, 1.807) is 25.1 Å². The van der Waals surface area contributed by atoms with E-state index in [2.05, 4.69) is 0 Å². The third kappa shape index (κ3) is 1.90. The van der Waals surface area contributed by atoms with Gasteiger partial charge in [-0.1, -0.05) is 30.3 Å². The van der Waals surface area contributed by atoms with Crippen LogP contribution in [0.2, 0.25) is 0 Å². The van der Waals surface area contributed by atoms with Crippen molar-refractivity contribution in [3.63, 3.8) is 0 Å². The Morgan fingerprint density at radius 3 is 2.85 bits per heavy atom. The average molecular weight is 270 g/mol. The zero-order valence-corrected chi connectivity index (χ0v) is 11.0. The van der Waals surface area contributed by atoms with E-state index in [0.29, 0.717) is 23.5 Å². The van der Waals surface area contributed by atoms with Crippen LogP contribution in [0.1, 0.15) is 18.6 Å². The molecule has 102 valence electrons. The second-order valence-electron chi connectivity index (χ2n) is 4.49. The van der Waals surface area contributed by atoms with Crippen LogP contribution in [-0.4, -0.2) is 17.7 Å². The molecule has 1 atom stereocenters. The Labute approximate surface area is 116 Å². The van der Waals surface area contributed by atoms with Crippen LogP contribution in [0.15, 0.2) is 42.5 Å². The Bertz CT molecular complexity index is 663. The van der Waals surface area contributed by atoms with Gasteiger partial charge in [0, 0.05) is 5.56 Å². The molecule has 2 aromatic carbocycles. The molecular formula is C16H14O4. The molecule has 1 unspecified atom stereocenters. The summed E-state index contributed by atoms with van der Waals surface area (Å²) in [7, 11) is 0. The molecule has 0 saturated heterocycles. The van der Waals surface area contributed by atoms with E-state index < -0.39 is 12.1 Å². The van der Waals surface area contributed by atoms with Crippen LogP contribution >= 0.6 is 0 Å². The van der Waals surface area contributed by atoms with Gasteiger partial charge in [-0.3, -0.25) is 0 Å². The topological polar surface area (TPSA) is 55.8 Å². The fourth-order valence-corrected chi connectivity index (χ4v) is 2.43. The van der Waals surface area contributed by atoms with Crippen molar-refractivity contribution in [3.8, 4) is 22.6 Å². The van der Waals surface area contributed by atoms with E-state index in [-0.39, 0.29) is 5.75 Å². The van der Waals surface area contributed by atoms with Crippen molar-refractivity contribution in [1.29, 1.82) is 0 Å². The third-order valence-electron chi connectivity index (χ3n) is 3.26. The van der Waals surface area contributed by atoms with Gasteiger partial charge in [0.1, 0.15) is 11.5 Å². The quantitative estimate of drug-likeness (QED) is 0.852. The Balaban J connectivity index is 2.16. The molecule has 0 aromatic heterocycles. The van der Waals surface area contributed by atoms with Crippen molar-refractivity contribution >= 4 is 5.97 Å². The SMILES string of the molecule is CCOC(=O)C1Oc2cccc(O)c2-c2ccccc21. The number of hydrogen-bond acceptors (Lipinski definition) is 4. The smallest absolute Gasteiger partial charge is 0.352 e. The molecule has 0 saturated carbocycles. The van der Waals surface area contributed by atoms with Crippen molar-refractivity contribution in [2.75, 3.05) is 6.61 Å². The van der Waals surface area contributed by atoms with Gasteiger partial charge in [0.15, 0.2) is 0 Å². The van der Waals surface area contributed by atoms with E-state index in [1.165, 1.54) is 0 Å². The highest BCUT2D eigenvalue weighted by Crippen LogP contribution is 2.46. The summed E-state index contributed by atoms with van der Waals surface area (Å²) in [5.41, 5.74) is 2.12.